The second-order valence-electron chi connectivity index (χ2n) is 4.04. The summed E-state index contributed by atoms with van der Waals surface area (Å²) in [7, 11) is 0. The molecule has 17 heavy (non-hydrogen) atoms. The number of rotatable bonds is 1. The number of hydrogen-bond acceptors (Lipinski definition) is 0. The largest absolute Gasteiger partial charge is 0.0622 e. The molecule has 0 heterocycles. The fraction of sp³-hybridized carbons (Fsp3) is 0. The molecule has 1 heteroatoms. The van der Waals surface area contributed by atoms with E-state index in [2.05, 4.69) is 76.6 Å². The third kappa shape index (κ3) is 1.98. The third-order valence-corrected chi connectivity index (χ3v) is 3.63. The fourth-order valence-corrected chi connectivity index (χ4v) is 2.57. The van der Waals surface area contributed by atoms with Gasteiger partial charge in [0.1, 0.15) is 0 Å². The van der Waals surface area contributed by atoms with Crippen molar-refractivity contribution in [3.63, 3.8) is 0 Å². The Hall–Kier alpha value is -1.60. The minimum atomic E-state index is 1.15. The average Bonchev–Trinajstić information content (AvgIpc) is 2.40. The summed E-state index contributed by atoms with van der Waals surface area (Å²) >= 11 is 3.58. The number of halogens is 1. The molecule has 0 spiro atoms. The summed E-state index contributed by atoms with van der Waals surface area (Å²) in [5.41, 5.74) is 2.52. The van der Waals surface area contributed by atoms with Crippen LogP contribution < -0.4 is 0 Å². The summed E-state index contributed by atoms with van der Waals surface area (Å²) in [6.07, 6.45) is 0. The zero-order chi connectivity index (χ0) is 11.7. The Labute approximate surface area is 109 Å². The number of benzene rings is 3. The molecule has 3 aromatic rings. The van der Waals surface area contributed by atoms with Gasteiger partial charge in [-0.15, -0.1) is 0 Å². The van der Waals surface area contributed by atoms with Gasteiger partial charge in [0.05, 0.1) is 0 Å². The highest BCUT2D eigenvalue weighted by atomic mass is 79.9. The number of hydrogen-bond donors (Lipinski definition) is 0. The second kappa shape index (κ2) is 4.34. The van der Waals surface area contributed by atoms with Crippen LogP contribution in [0.2, 0.25) is 0 Å². The molecule has 0 aromatic heterocycles. The van der Waals surface area contributed by atoms with Crippen LogP contribution >= 0.6 is 15.9 Å². The van der Waals surface area contributed by atoms with Gasteiger partial charge in [-0.05, 0) is 34.0 Å². The number of fused-ring (bicyclic) bond motifs is 1. The van der Waals surface area contributed by atoms with Crippen molar-refractivity contribution in [1.29, 1.82) is 0 Å². The van der Waals surface area contributed by atoms with Crippen LogP contribution in [-0.4, -0.2) is 0 Å². The highest BCUT2D eigenvalue weighted by molar-refractivity contribution is 9.10. The molecular weight excluding hydrogens is 272 g/mol. The van der Waals surface area contributed by atoms with Gasteiger partial charge < -0.3 is 0 Å². The van der Waals surface area contributed by atoms with Gasteiger partial charge in [-0.1, -0.05) is 70.5 Å². The summed E-state index contributed by atoms with van der Waals surface area (Å²) in [4.78, 5) is 0. The molecule has 3 aromatic carbocycles. The lowest BCUT2D eigenvalue weighted by Gasteiger charge is -2.05. The summed E-state index contributed by atoms with van der Waals surface area (Å²) in [6.45, 7) is 0. The maximum Gasteiger partial charge on any atom is 0.0253 e. The molecule has 0 radical (unpaired) electrons. The predicted octanol–water partition coefficient (Wildman–Crippen LogP) is 5.27. The molecule has 0 nitrogen and oxygen atoms in total. The van der Waals surface area contributed by atoms with Crippen LogP contribution in [0, 0.1) is 0 Å². The first kappa shape index (κ1) is 10.5. The van der Waals surface area contributed by atoms with Gasteiger partial charge in [0.25, 0.3) is 0 Å². The first-order valence-electron chi connectivity index (χ1n) is 5.58. The van der Waals surface area contributed by atoms with Crippen molar-refractivity contribution in [3.05, 3.63) is 71.2 Å². The minimum absolute atomic E-state index is 1.15. The second-order valence-corrected chi connectivity index (χ2v) is 4.90. The Bertz CT molecular complexity index is 657. The summed E-state index contributed by atoms with van der Waals surface area (Å²) in [6, 6.07) is 23.3. The average molecular weight is 283 g/mol. The molecule has 0 amide bonds. The third-order valence-electron chi connectivity index (χ3n) is 2.93. The smallest absolute Gasteiger partial charge is 0.0253 e. The molecule has 3 rings (SSSR count). The topological polar surface area (TPSA) is 0 Å². The molecule has 0 unspecified atom stereocenters. The van der Waals surface area contributed by atoms with E-state index in [9.17, 15) is 0 Å². The highest BCUT2D eigenvalue weighted by Crippen LogP contribution is 2.28. The van der Waals surface area contributed by atoms with Gasteiger partial charge in [-0.3, -0.25) is 0 Å². The lowest BCUT2D eigenvalue weighted by molar-refractivity contribution is 1.64. The molecule has 0 N–H and O–H groups in total. The SMILES string of the molecule is Brc1cccc2cc(-c3ccccc3)ccc12. The molecule has 0 aliphatic rings. The van der Waals surface area contributed by atoms with E-state index in [0.29, 0.717) is 0 Å². The molecule has 0 atom stereocenters. The first-order valence-corrected chi connectivity index (χ1v) is 6.37. The first-order chi connectivity index (χ1) is 8.34. The fourth-order valence-electron chi connectivity index (χ4n) is 2.05. The maximum atomic E-state index is 3.58. The monoisotopic (exact) mass is 282 g/mol. The van der Waals surface area contributed by atoms with E-state index in [-0.39, 0.29) is 0 Å². The predicted molar refractivity (Wildman–Crippen MR) is 77.1 cm³/mol. The normalized spacial score (nSPS) is 10.6. The van der Waals surface area contributed by atoms with Crippen LogP contribution in [-0.2, 0) is 0 Å². The lowest BCUT2D eigenvalue weighted by atomic mass is 10.0. The summed E-state index contributed by atoms with van der Waals surface area (Å²) in [5.74, 6) is 0. The van der Waals surface area contributed by atoms with E-state index >= 15 is 0 Å². The van der Waals surface area contributed by atoms with Crippen molar-refractivity contribution in [2.45, 2.75) is 0 Å². The van der Waals surface area contributed by atoms with E-state index in [1.165, 1.54) is 21.9 Å². The van der Waals surface area contributed by atoms with Crippen LogP contribution in [0.4, 0.5) is 0 Å². The zero-order valence-corrected chi connectivity index (χ0v) is 10.8. The minimum Gasteiger partial charge on any atom is -0.0622 e. The molecule has 0 fully saturated rings. The van der Waals surface area contributed by atoms with Crippen molar-refractivity contribution >= 4 is 26.7 Å². The molecule has 0 saturated heterocycles. The van der Waals surface area contributed by atoms with Gasteiger partial charge in [-0.25, -0.2) is 0 Å². The molecule has 0 aliphatic heterocycles. The molecular formula is C16H11Br. The molecule has 0 saturated carbocycles. The zero-order valence-electron chi connectivity index (χ0n) is 9.23. The lowest BCUT2D eigenvalue weighted by Crippen LogP contribution is -1.79. The van der Waals surface area contributed by atoms with Crippen molar-refractivity contribution < 1.29 is 0 Å². The molecule has 0 aliphatic carbocycles. The van der Waals surface area contributed by atoms with Crippen LogP contribution in [0.15, 0.2) is 71.2 Å². The van der Waals surface area contributed by atoms with Gasteiger partial charge in [0.2, 0.25) is 0 Å². The van der Waals surface area contributed by atoms with Crippen molar-refractivity contribution in [3.8, 4) is 11.1 Å². The Morgan fingerprint density at radius 1 is 0.647 bits per heavy atom. The van der Waals surface area contributed by atoms with E-state index in [0.717, 1.165) is 4.47 Å². The van der Waals surface area contributed by atoms with Gasteiger partial charge in [0, 0.05) is 4.47 Å². The molecule has 82 valence electrons. The maximum absolute atomic E-state index is 3.58. The Balaban J connectivity index is 2.21. The van der Waals surface area contributed by atoms with Gasteiger partial charge >= 0.3 is 0 Å². The van der Waals surface area contributed by atoms with E-state index in [4.69, 9.17) is 0 Å². The summed E-state index contributed by atoms with van der Waals surface area (Å²) < 4.78 is 1.15. The summed E-state index contributed by atoms with van der Waals surface area (Å²) in [5, 5.41) is 2.52. The Morgan fingerprint density at radius 2 is 1.47 bits per heavy atom. The standard InChI is InChI=1S/C16H11Br/c17-16-8-4-7-14-11-13(9-10-15(14)16)12-5-2-1-3-6-12/h1-11H. The van der Waals surface area contributed by atoms with Crippen LogP contribution in [0.1, 0.15) is 0 Å². The molecule has 0 bridgehead atoms. The van der Waals surface area contributed by atoms with Gasteiger partial charge in [0.15, 0.2) is 0 Å². The van der Waals surface area contributed by atoms with Crippen LogP contribution in [0.3, 0.4) is 0 Å². The van der Waals surface area contributed by atoms with Crippen molar-refractivity contribution in [2.24, 2.45) is 0 Å². The highest BCUT2D eigenvalue weighted by Gasteiger charge is 2.01. The van der Waals surface area contributed by atoms with Crippen molar-refractivity contribution in [1.82, 2.24) is 0 Å². The van der Waals surface area contributed by atoms with E-state index in [1.54, 1.807) is 0 Å². The van der Waals surface area contributed by atoms with Crippen LogP contribution in [0.5, 0.6) is 0 Å². The van der Waals surface area contributed by atoms with Crippen LogP contribution in [0.25, 0.3) is 21.9 Å². The van der Waals surface area contributed by atoms with E-state index in [1.807, 2.05) is 6.07 Å². The van der Waals surface area contributed by atoms with Crippen molar-refractivity contribution in [2.75, 3.05) is 0 Å². The van der Waals surface area contributed by atoms with Gasteiger partial charge in [-0.2, -0.15) is 0 Å². The quantitative estimate of drug-likeness (QED) is 0.570. The van der Waals surface area contributed by atoms with E-state index < -0.39 is 0 Å². The Morgan fingerprint density at radius 3 is 2.29 bits per heavy atom. The Kier molecular flexibility index (Phi) is 2.69.